The largest absolute Gasteiger partial charge is 0.339 e. The molecule has 1 N–H and O–H groups in total. The Kier molecular flexibility index (Phi) is 5.56. The molecule has 0 aliphatic carbocycles. The van der Waals surface area contributed by atoms with Crippen molar-refractivity contribution >= 4 is 42.4 Å². The van der Waals surface area contributed by atoms with Gasteiger partial charge in [0, 0.05) is 25.0 Å². The Morgan fingerprint density at radius 1 is 1.30 bits per heavy atom. The van der Waals surface area contributed by atoms with Gasteiger partial charge in [-0.1, -0.05) is 30.3 Å². The van der Waals surface area contributed by atoms with Crippen LogP contribution in [0.4, 0.5) is 5.13 Å². The van der Waals surface area contributed by atoms with E-state index < -0.39 is 9.84 Å². The second kappa shape index (κ2) is 7.73. The smallest absolute Gasteiger partial charge is 0.226 e. The van der Waals surface area contributed by atoms with Crippen LogP contribution in [0.3, 0.4) is 0 Å². The first kappa shape index (κ1) is 19.4. The van der Waals surface area contributed by atoms with Crippen molar-refractivity contribution < 1.29 is 17.7 Å². The molecule has 144 valence electrons. The number of hydrogen-bond acceptors (Lipinski definition) is 8. The van der Waals surface area contributed by atoms with E-state index in [-0.39, 0.29) is 16.7 Å². The van der Waals surface area contributed by atoms with Gasteiger partial charge in [0.15, 0.2) is 20.8 Å². The van der Waals surface area contributed by atoms with E-state index in [4.69, 9.17) is 4.52 Å². The van der Waals surface area contributed by atoms with E-state index in [1.807, 2.05) is 13.8 Å². The van der Waals surface area contributed by atoms with Crippen molar-refractivity contribution in [2.75, 3.05) is 11.6 Å². The maximum atomic E-state index is 12.1. The Labute approximate surface area is 160 Å². The van der Waals surface area contributed by atoms with Crippen LogP contribution in [0.25, 0.3) is 10.2 Å². The van der Waals surface area contributed by atoms with Crippen molar-refractivity contribution in [3.8, 4) is 0 Å². The summed E-state index contributed by atoms with van der Waals surface area (Å²) in [5, 5.41) is 7.09. The summed E-state index contributed by atoms with van der Waals surface area (Å²) in [5.74, 6) is 1.23. The van der Waals surface area contributed by atoms with Crippen molar-refractivity contribution in [3.63, 3.8) is 0 Å². The Hall–Kier alpha value is -2.33. The molecule has 3 rings (SSSR count). The molecule has 0 aliphatic heterocycles. The maximum Gasteiger partial charge on any atom is 0.226 e. The Bertz CT molecular complexity index is 1070. The van der Waals surface area contributed by atoms with Crippen LogP contribution in [-0.4, -0.2) is 35.7 Å². The summed E-state index contributed by atoms with van der Waals surface area (Å²) in [6, 6.07) is 4.72. The summed E-state index contributed by atoms with van der Waals surface area (Å²) in [4.78, 5) is 20.9. The molecule has 3 aromatic rings. The van der Waals surface area contributed by atoms with Gasteiger partial charge in [0.2, 0.25) is 11.8 Å². The number of nitrogens with zero attached hydrogens (tertiary/aromatic N) is 3. The van der Waals surface area contributed by atoms with Crippen molar-refractivity contribution in [3.05, 3.63) is 29.9 Å². The number of fused-ring (bicyclic) bond motifs is 1. The molecule has 0 saturated carbocycles. The number of amides is 1. The second-order valence-corrected chi connectivity index (χ2v) is 9.57. The zero-order chi connectivity index (χ0) is 19.6. The first-order valence-electron chi connectivity index (χ1n) is 8.45. The van der Waals surface area contributed by atoms with Gasteiger partial charge in [0.25, 0.3) is 0 Å². The summed E-state index contributed by atoms with van der Waals surface area (Å²) < 4.78 is 29.1. The third-order valence-corrected chi connectivity index (χ3v) is 5.87. The van der Waals surface area contributed by atoms with Gasteiger partial charge in [-0.05, 0) is 24.6 Å². The molecule has 0 atom stereocenters. The van der Waals surface area contributed by atoms with Gasteiger partial charge in [-0.15, -0.1) is 0 Å². The van der Waals surface area contributed by atoms with Crippen molar-refractivity contribution in [1.29, 1.82) is 0 Å². The van der Waals surface area contributed by atoms with Crippen LogP contribution in [0.2, 0.25) is 0 Å². The normalized spacial score (nSPS) is 12.0. The van der Waals surface area contributed by atoms with E-state index in [1.54, 1.807) is 12.1 Å². The molecule has 0 unspecified atom stereocenters. The van der Waals surface area contributed by atoms with Crippen LogP contribution in [0.5, 0.6) is 0 Å². The monoisotopic (exact) mass is 408 g/mol. The quantitative estimate of drug-likeness (QED) is 0.638. The molecular weight excluding hydrogens is 388 g/mol. The number of carbonyl (C=O) groups excluding carboxylic acids is 1. The number of thiazole rings is 1. The van der Waals surface area contributed by atoms with E-state index in [0.717, 1.165) is 6.26 Å². The highest BCUT2D eigenvalue weighted by Gasteiger charge is 2.13. The van der Waals surface area contributed by atoms with Gasteiger partial charge < -0.3 is 9.84 Å². The molecule has 1 aromatic carbocycles. The Morgan fingerprint density at radius 3 is 2.74 bits per heavy atom. The number of aromatic nitrogens is 3. The SMILES string of the molecule is CC(C)c1noc(CCCC(=O)Nc2nc3ccc(S(C)(=O)=O)cc3s2)n1. The topological polar surface area (TPSA) is 115 Å². The lowest BCUT2D eigenvalue weighted by atomic mass is 10.2. The number of hydrogen-bond donors (Lipinski definition) is 1. The first-order valence-corrected chi connectivity index (χ1v) is 11.2. The van der Waals surface area contributed by atoms with Gasteiger partial charge in [-0.2, -0.15) is 4.98 Å². The van der Waals surface area contributed by atoms with Crippen molar-refractivity contribution in [2.45, 2.75) is 43.9 Å². The minimum Gasteiger partial charge on any atom is -0.339 e. The van der Waals surface area contributed by atoms with Gasteiger partial charge in [0.05, 0.1) is 15.1 Å². The highest BCUT2D eigenvalue weighted by atomic mass is 32.2. The lowest BCUT2D eigenvalue weighted by Crippen LogP contribution is -2.11. The summed E-state index contributed by atoms with van der Waals surface area (Å²) in [6.07, 6.45) is 2.56. The minimum absolute atomic E-state index is 0.166. The molecule has 2 aromatic heterocycles. The molecule has 0 bridgehead atoms. The number of carbonyl (C=O) groups is 1. The van der Waals surface area contributed by atoms with Crippen molar-refractivity contribution in [1.82, 2.24) is 15.1 Å². The number of benzene rings is 1. The fraction of sp³-hybridized carbons (Fsp3) is 0.412. The second-order valence-electron chi connectivity index (χ2n) is 6.52. The predicted octanol–water partition coefficient (Wildman–Crippen LogP) is 3.17. The molecule has 0 aliphatic rings. The van der Waals surface area contributed by atoms with Crippen LogP contribution < -0.4 is 5.32 Å². The number of anilines is 1. The molecule has 27 heavy (non-hydrogen) atoms. The molecule has 0 saturated heterocycles. The molecule has 1 amide bonds. The maximum absolute atomic E-state index is 12.1. The van der Waals surface area contributed by atoms with E-state index >= 15 is 0 Å². The fourth-order valence-corrected chi connectivity index (χ4v) is 4.02. The molecule has 8 nitrogen and oxygen atoms in total. The Morgan fingerprint density at radius 2 is 2.07 bits per heavy atom. The molecule has 2 heterocycles. The van der Waals surface area contributed by atoms with E-state index in [9.17, 15) is 13.2 Å². The molecule has 0 fully saturated rings. The van der Waals surface area contributed by atoms with Gasteiger partial charge in [0.1, 0.15) is 0 Å². The number of sulfone groups is 1. The summed E-state index contributed by atoms with van der Waals surface area (Å²) in [7, 11) is -3.28. The lowest BCUT2D eigenvalue weighted by molar-refractivity contribution is -0.116. The van der Waals surface area contributed by atoms with Crippen molar-refractivity contribution in [2.24, 2.45) is 0 Å². The summed E-state index contributed by atoms with van der Waals surface area (Å²) >= 11 is 1.24. The van der Waals surface area contributed by atoms with Crippen LogP contribution in [0.1, 0.15) is 44.3 Å². The van der Waals surface area contributed by atoms with E-state index in [1.165, 1.54) is 17.4 Å². The minimum atomic E-state index is -3.28. The van der Waals surface area contributed by atoms with Gasteiger partial charge in [-0.25, -0.2) is 13.4 Å². The average Bonchev–Trinajstić information content (AvgIpc) is 3.19. The number of rotatable bonds is 7. The standard InChI is InChI=1S/C17H20N4O4S2/c1-10(2)16-20-15(25-21-16)6-4-5-14(22)19-17-18-12-8-7-11(27(3,23)24)9-13(12)26-17/h7-10H,4-6H2,1-3H3,(H,18,19,22). The zero-order valence-corrected chi connectivity index (χ0v) is 16.9. The molecular formula is C17H20N4O4S2. The predicted molar refractivity (Wildman–Crippen MR) is 103 cm³/mol. The average molecular weight is 409 g/mol. The van der Waals surface area contributed by atoms with E-state index in [2.05, 4.69) is 20.4 Å². The highest BCUT2D eigenvalue weighted by molar-refractivity contribution is 7.90. The highest BCUT2D eigenvalue weighted by Crippen LogP contribution is 2.28. The third kappa shape index (κ3) is 4.89. The number of nitrogens with one attached hydrogen (secondary N) is 1. The van der Waals surface area contributed by atoms with Gasteiger partial charge in [-0.3, -0.25) is 4.79 Å². The zero-order valence-electron chi connectivity index (χ0n) is 15.2. The lowest BCUT2D eigenvalue weighted by Gasteiger charge is -1.99. The molecule has 10 heteroatoms. The fourth-order valence-electron chi connectivity index (χ4n) is 2.38. The van der Waals surface area contributed by atoms with Crippen LogP contribution in [-0.2, 0) is 21.1 Å². The van der Waals surface area contributed by atoms with Crippen LogP contribution in [0, 0.1) is 0 Å². The summed E-state index contributed by atoms with van der Waals surface area (Å²) in [5.41, 5.74) is 0.648. The molecule has 0 radical (unpaired) electrons. The first-order chi connectivity index (χ1) is 12.7. The number of aryl methyl sites for hydroxylation is 1. The Balaban J connectivity index is 1.57. The van der Waals surface area contributed by atoms with Crippen LogP contribution >= 0.6 is 11.3 Å². The van der Waals surface area contributed by atoms with Crippen LogP contribution in [0.15, 0.2) is 27.6 Å². The summed E-state index contributed by atoms with van der Waals surface area (Å²) in [6.45, 7) is 3.97. The van der Waals surface area contributed by atoms with E-state index in [0.29, 0.717) is 46.3 Å². The van der Waals surface area contributed by atoms with Gasteiger partial charge >= 0.3 is 0 Å². The third-order valence-electron chi connectivity index (χ3n) is 3.83. The molecule has 0 spiro atoms.